The zero-order valence-corrected chi connectivity index (χ0v) is 14.6. The monoisotopic (exact) mass is 373 g/mol. The normalized spacial score (nSPS) is 10.5. The van der Waals surface area contributed by atoms with E-state index in [4.69, 9.17) is 11.6 Å². The van der Waals surface area contributed by atoms with Crippen LogP contribution in [-0.2, 0) is 6.54 Å². The lowest BCUT2D eigenvalue weighted by Gasteiger charge is -2.11. The first-order chi connectivity index (χ1) is 12.5. The molecule has 3 aromatic rings. The number of urea groups is 1. The number of halogens is 1. The van der Waals surface area contributed by atoms with Gasteiger partial charge in [0.05, 0.1) is 6.54 Å². The van der Waals surface area contributed by atoms with Gasteiger partial charge in [-0.2, -0.15) is 5.10 Å². The van der Waals surface area contributed by atoms with Crippen LogP contribution in [0.2, 0.25) is 5.02 Å². The molecule has 0 saturated carbocycles. The number of nitrogens with zero attached hydrogens (tertiary/aromatic N) is 5. The molecule has 2 amide bonds. The highest BCUT2D eigenvalue weighted by molar-refractivity contribution is 6.31. The number of hydrogen-bond acceptors (Lipinski definition) is 5. The van der Waals surface area contributed by atoms with Crippen molar-refractivity contribution in [3.63, 3.8) is 0 Å². The lowest BCUT2D eigenvalue weighted by Crippen LogP contribution is -2.34. The minimum absolute atomic E-state index is 0.212. The molecule has 2 N–H and O–H groups in total. The van der Waals surface area contributed by atoms with Gasteiger partial charge < -0.3 is 10.6 Å². The zero-order valence-electron chi connectivity index (χ0n) is 13.9. The largest absolute Gasteiger partial charge is 0.336 e. The number of carbonyl (C=O) groups excluding carboxylic acids is 1. The predicted octanol–water partition coefficient (Wildman–Crippen LogP) is 1.61. The molecule has 0 unspecified atom stereocenters. The summed E-state index contributed by atoms with van der Waals surface area (Å²) >= 11 is 6.03. The Bertz CT molecular complexity index is 969. The fraction of sp³-hybridized carbons (Fsp3) is 0.188. The van der Waals surface area contributed by atoms with Crippen molar-refractivity contribution >= 4 is 23.3 Å². The van der Waals surface area contributed by atoms with Crippen molar-refractivity contribution in [1.82, 2.24) is 29.9 Å². The first-order valence-electron chi connectivity index (χ1n) is 7.78. The molecule has 3 rings (SSSR count). The second-order valence-electron chi connectivity index (χ2n) is 5.39. The molecule has 26 heavy (non-hydrogen) atoms. The molecule has 0 aliphatic carbocycles. The van der Waals surface area contributed by atoms with Crippen LogP contribution >= 0.6 is 11.6 Å². The number of aromatic nitrogens is 5. The minimum Gasteiger partial charge on any atom is -0.336 e. The fourth-order valence-corrected chi connectivity index (χ4v) is 2.41. The number of benzene rings is 1. The van der Waals surface area contributed by atoms with E-state index in [1.807, 2.05) is 6.92 Å². The smallest absolute Gasteiger partial charge is 0.319 e. The summed E-state index contributed by atoms with van der Waals surface area (Å²) in [4.78, 5) is 27.8. The molecule has 0 aliphatic rings. The van der Waals surface area contributed by atoms with E-state index >= 15 is 0 Å². The van der Waals surface area contributed by atoms with Crippen LogP contribution in [0.4, 0.5) is 10.5 Å². The molecule has 2 aromatic heterocycles. The molecule has 0 bridgehead atoms. The summed E-state index contributed by atoms with van der Waals surface area (Å²) in [6.45, 7) is 2.25. The summed E-state index contributed by atoms with van der Waals surface area (Å²) in [5, 5.41) is 14.1. The van der Waals surface area contributed by atoms with Gasteiger partial charge in [0.1, 0.15) is 12.7 Å². The molecule has 10 heteroatoms. The number of amides is 2. The molecular formula is C16H16ClN7O2. The van der Waals surface area contributed by atoms with E-state index in [1.165, 1.54) is 28.1 Å². The average Bonchev–Trinajstić information content (AvgIpc) is 3.15. The van der Waals surface area contributed by atoms with E-state index < -0.39 is 6.03 Å². The Morgan fingerprint density at radius 2 is 2.12 bits per heavy atom. The average molecular weight is 374 g/mol. The fourth-order valence-electron chi connectivity index (χ4n) is 2.23. The Morgan fingerprint density at radius 1 is 1.27 bits per heavy atom. The van der Waals surface area contributed by atoms with Crippen LogP contribution in [0.5, 0.6) is 0 Å². The minimum atomic E-state index is -0.393. The van der Waals surface area contributed by atoms with E-state index in [0.717, 1.165) is 5.56 Å². The van der Waals surface area contributed by atoms with E-state index in [0.29, 0.717) is 16.5 Å². The molecule has 1 aromatic carbocycles. The van der Waals surface area contributed by atoms with Gasteiger partial charge >= 0.3 is 6.03 Å². The molecule has 2 heterocycles. The Labute approximate surface area is 153 Å². The van der Waals surface area contributed by atoms with Crippen LogP contribution < -0.4 is 16.2 Å². The van der Waals surface area contributed by atoms with Gasteiger partial charge in [0.2, 0.25) is 0 Å². The van der Waals surface area contributed by atoms with Crippen molar-refractivity contribution in [3.05, 3.63) is 63.9 Å². The summed E-state index contributed by atoms with van der Waals surface area (Å²) < 4.78 is 2.69. The Morgan fingerprint density at radius 3 is 2.88 bits per heavy atom. The molecular weight excluding hydrogens is 358 g/mol. The van der Waals surface area contributed by atoms with Crippen molar-refractivity contribution in [1.29, 1.82) is 0 Å². The van der Waals surface area contributed by atoms with Gasteiger partial charge in [0, 0.05) is 23.3 Å². The van der Waals surface area contributed by atoms with E-state index in [9.17, 15) is 9.59 Å². The van der Waals surface area contributed by atoms with Crippen molar-refractivity contribution in [2.75, 3.05) is 11.9 Å². The molecule has 0 fully saturated rings. The Balaban J connectivity index is 1.59. The lowest BCUT2D eigenvalue weighted by molar-refractivity contribution is 0.251. The lowest BCUT2D eigenvalue weighted by atomic mass is 10.2. The number of rotatable bonds is 5. The maximum Gasteiger partial charge on any atom is 0.319 e. The van der Waals surface area contributed by atoms with Gasteiger partial charge in [-0.15, -0.1) is 5.10 Å². The SMILES string of the molecule is Cc1c(Cl)cccc1NC(=O)NCCn1nc(-n2cncn2)ccc1=O. The molecule has 0 spiro atoms. The maximum absolute atomic E-state index is 12.0. The van der Waals surface area contributed by atoms with Gasteiger partial charge in [-0.05, 0) is 30.7 Å². The van der Waals surface area contributed by atoms with Gasteiger partial charge in [-0.3, -0.25) is 4.79 Å². The van der Waals surface area contributed by atoms with Gasteiger partial charge in [-0.25, -0.2) is 19.1 Å². The number of anilines is 1. The van der Waals surface area contributed by atoms with Crippen LogP contribution in [0.25, 0.3) is 5.82 Å². The van der Waals surface area contributed by atoms with Crippen LogP contribution in [0.3, 0.4) is 0 Å². The summed E-state index contributed by atoms with van der Waals surface area (Å²) in [7, 11) is 0. The second-order valence-corrected chi connectivity index (χ2v) is 5.79. The number of hydrogen-bond donors (Lipinski definition) is 2. The first kappa shape index (κ1) is 17.6. The molecule has 134 valence electrons. The second kappa shape index (κ2) is 7.79. The predicted molar refractivity (Wildman–Crippen MR) is 96.6 cm³/mol. The van der Waals surface area contributed by atoms with Crippen LogP contribution in [0.15, 0.2) is 47.8 Å². The molecule has 9 nitrogen and oxygen atoms in total. The third kappa shape index (κ3) is 4.06. The molecule has 0 radical (unpaired) electrons. The number of nitrogens with one attached hydrogen (secondary N) is 2. The van der Waals surface area contributed by atoms with Crippen molar-refractivity contribution < 1.29 is 4.79 Å². The third-order valence-corrected chi connectivity index (χ3v) is 4.04. The van der Waals surface area contributed by atoms with E-state index in [-0.39, 0.29) is 18.6 Å². The van der Waals surface area contributed by atoms with Crippen LogP contribution in [0.1, 0.15) is 5.56 Å². The third-order valence-electron chi connectivity index (χ3n) is 3.63. The quantitative estimate of drug-likeness (QED) is 0.706. The summed E-state index contributed by atoms with van der Waals surface area (Å²) in [5.41, 5.74) is 1.13. The zero-order chi connectivity index (χ0) is 18.5. The Kier molecular flexibility index (Phi) is 5.28. The van der Waals surface area contributed by atoms with Gasteiger partial charge in [-0.1, -0.05) is 17.7 Å². The number of carbonyl (C=O) groups is 1. The molecule has 0 atom stereocenters. The highest BCUT2D eigenvalue weighted by Crippen LogP contribution is 2.22. The summed E-state index contributed by atoms with van der Waals surface area (Å²) in [5.74, 6) is 0.459. The first-order valence-corrected chi connectivity index (χ1v) is 8.15. The van der Waals surface area contributed by atoms with E-state index in [2.05, 4.69) is 25.8 Å². The van der Waals surface area contributed by atoms with Crippen molar-refractivity contribution in [2.45, 2.75) is 13.5 Å². The topological polar surface area (TPSA) is 107 Å². The summed E-state index contributed by atoms with van der Waals surface area (Å²) in [6.07, 6.45) is 2.86. The van der Waals surface area contributed by atoms with Crippen LogP contribution in [-0.4, -0.2) is 37.1 Å². The highest BCUT2D eigenvalue weighted by atomic mass is 35.5. The molecule has 0 saturated heterocycles. The standard InChI is InChI=1S/C16H16ClN7O2/c1-11-12(17)3-2-4-13(11)21-16(26)19-7-8-23-15(25)6-5-14(22-23)24-10-18-9-20-24/h2-6,9-10H,7-8H2,1H3,(H2,19,21,26). The van der Waals surface area contributed by atoms with Crippen molar-refractivity contribution in [2.24, 2.45) is 0 Å². The maximum atomic E-state index is 12.0. The van der Waals surface area contributed by atoms with Crippen LogP contribution in [0, 0.1) is 6.92 Å². The highest BCUT2D eigenvalue weighted by Gasteiger charge is 2.07. The summed E-state index contributed by atoms with van der Waals surface area (Å²) in [6, 6.07) is 7.81. The van der Waals surface area contributed by atoms with Gasteiger partial charge in [0.25, 0.3) is 5.56 Å². The molecule has 0 aliphatic heterocycles. The Hall–Kier alpha value is -3.20. The van der Waals surface area contributed by atoms with Gasteiger partial charge in [0.15, 0.2) is 5.82 Å². The van der Waals surface area contributed by atoms with Crippen molar-refractivity contribution in [3.8, 4) is 5.82 Å². The van der Waals surface area contributed by atoms with E-state index in [1.54, 1.807) is 24.3 Å².